The Bertz CT molecular complexity index is 1260. The van der Waals surface area contributed by atoms with Gasteiger partial charge in [-0.05, 0) is 69.9 Å². The predicted molar refractivity (Wildman–Crippen MR) is 156 cm³/mol. The number of hydrogen-bond donors (Lipinski definition) is 0. The van der Waals surface area contributed by atoms with Gasteiger partial charge in [-0.25, -0.2) is 0 Å². The maximum absolute atomic E-state index is 6.69. The van der Waals surface area contributed by atoms with Crippen LogP contribution in [0.4, 0.5) is 5.69 Å². The van der Waals surface area contributed by atoms with Gasteiger partial charge in [0.05, 0.1) is 13.0 Å². The molecule has 5 rings (SSSR count). The van der Waals surface area contributed by atoms with Crippen LogP contribution in [0.3, 0.4) is 0 Å². The van der Waals surface area contributed by atoms with E-state index in [2.05, 4.69) is 93.8 Å². The van der Waals surface area contributed by atoms with E-state index in [-0.39, 0.29) is 23.9 Å². The molecule has 2 heterocycles. The summed E-state index contributed by atoms with van der Waals surface area (Å²) < 4.78 is 12.3. The summed E-state index contributed by atoms with van der Waals surface area (Å²) in [6.45, 7) is 18.5. The van der Waals surface area contributed by atoms with E-state index in [4.69, 9.17) is 9.47 Å². The molecule has 3 aromatic rings. The van der Waals surface area contributed by atoms with Gasteiger partial charge in [0.25, 0.3) is 0 Å². The summed E-state index contributed by atoms with van der Waals surface area (Å²) in [5.74, 6) is 2.29. The first kappa shape index (κ1) is 27.3. The van der Waals surface area contributed by atoms with Crippen molar-refractivity contribution in [3.8, 4) is 11.5 Å². The summed E-state index contributed by atoms with van der Waals surface area (Å²) in [5.41, 5.74) is 10.4. The summed E-state index contributed by atoms with van der Waals surface area (Å²) in [4.78, 5) is 5.15. The fraction of sp³-hybridized carbons (Fsp3) is 0.438. The Balaban J connectivity index is 0.00000320. The number of fused-ring (bicyclic) bond motifs is 1. The van der Waals surface area contributed by atoms with E-state index in [1.165, 1.54) is 44.6 Å². The molecule has 37 heavy (non-hydrogen) atoms. The minimum absolute atomic E-state index is 0. The SMILES string of the molecule is COc1ccccc1CN1CCN(c2c(C)c(C)c3c(c2C)C(c2ccc(C)cc2)C(C)(C)O3)CC1.Cl. The average molecular weight is 521 g/mol. The van der Waals surface area contributed by atoms with Crippen LogP contribution in [0.2, 0.25) is 0 Å². The number of halogens is 1. The summed E-state index contributed by atoms with van der Waals surface area (Å²) >= 11 is 0. The third kappa shape index (κ3) is 4.94. The number of rotatable bonds is 5. The zero-order chi connectivity index (χ0) is 25.6. The summed E-state index contributed by atoms with van der Waals surface area (Å²) in [6.07, 6.45) is 0. The fourth-order valence-corrected chi connectivity index (χ4v) is 6.28. The molecule has 2 aliphatic rings. The maximum Gasteiger partial charge on any atom is 0.127 e. The van der Waals surface area contributed by atoms with Crippen molar-refractivity contribution in [2.24, 2.45) is 0 Å². The number of aryl methyl sites for hydroxylation is 1. The van der Waals surface area contributed by atoms with Gasteiger partial charge < -0.3 is 14.4 Å². The minimum atomic E-state index is -0.286. The van der Waals surface area contributed by atoms with Gasteiger partial charge in [-0.2, -0.15) is 0 Å². The quantitative estimate of drug-likeness (QED) is 0.362. The number of para-hydroxylation sites is 1. The van der Waals surface area contributed by atoms with Gasteiger partial charge in [0, 0.05) is 49.5 Å². The number of benzene rings is 3. The van der Waals surface area contributed by atoms with E-state index in [1.54, 1.807) is 7.11 Å². The van der Waals surface area contributed by atoms with Gasteiger partial charge in [-0.3, -0.25) is 4.90 Å². The van der Waals surface area contributed by atoms with Crippen LogP contribution in [0, 0.1) is 27.7 Å². The van der Waals surface area contributed by atoms with Gasteiger partial charge in [-0.1, -0.05) is 48.0 Å². The lowest BCUT2D eigenvalue weighted by Crippen LogP contribution is -2.46. The van der Waals surface area contributed by atoms with E-state index in [1.807, 2.05) is 6.07 Å². The molecule has 0 aromatic heterocycles. The van der Waals surface area contributed by atoms with Crippen LogP contribution in [-0.4, -0.2) is 43.8 Å². The number of methoxy groups -OCH3 is 1. The molecule has 1 fully saturated rings. The van der Waals surface area contributed by atoms with Gasteiger partial charge in [0.15, 0.2) is 0 Å². The highest BCUT2D eigenvalue weighted by atomic mass is 35.5. The number of hydrogen-bond acceptors (Lipinski definition) is 4. The van der Waals surface area contributed by atoms with Gasteiger partial charge in [0.2, 0.25) is 0 Å². The molecular formula is C32H41ClN2O2. The van der Waals surface area contributed by atoms with Crippen molar-refractivity contribution in [3.05, 3.63) is 87.5 Å². The van der Waals surface area contributed by atoms with Crippen molar-refractivity contribution in [1.29, 1.82) is 0 Å². The van der Waals surface area contributed by atoms with E-state index < -0.39 is 0 Å². The van der Waals surface area contributed by atoms with Crippen LogP contribution in [0.15, 0.2) is 48.5 Å². The number of nitrogens with zero attached hydrogens (tertiary/aromatic N) is 2. The minimum Gasteiger partial charge on any atom is -0.496 e. The third-order valence-corrected chi connectivity index (χ3v) is 8.30. The average Bonchev–Trinajstić information content (AvgIpc) is 3.16. The van der Waals surface area contributed by atoms with Crippen molar-refractivity contribution < 1.29 is 9.47 Å². The lowest BCUT2D eigenvalue weighted by atomic mass is 9.78. The van der Waals surface area contributed by atoms with Crippen molar-refractivity contribution in [2.75, 3.05) is 38.2 Å². The smallest absolute Gasteiger partial charge is 0.127 e. The van der Waals surface area contributed by atoms with Crippen LogP contribution in [0.5, 0.6) is 11.5 Å². The Labute approximate surface area is 229 Å². The summed E-state index contributed by atoms with van der Waals surface area (Å²) in [5, 5.41) is 0. The molecule has 0 saturated carbocycles. The topological polar surface area (TPSA) is 24.9 Å². The molecule has 198 valence electrons. The normalized spacial score (nSPS) is 18.7. The Morgan fingerprint density at radius 2 is 1.51 bits per heavy atom. The van der Waals surface area contributed by atoms with Crippen LogP contribution in [0.1, 0.15) is 58.7 Å². The number of piperazine rings is 1. The molecule has 1 saturated heterocycles. The lowest BCUT2D eigenvalue weighted by molar-refractivity contribution is 0.121. The monoisotopic (exact) mass is 520 g/mol. The van der Waals surface area contributed by atoms with E-state index >= 15 is 0 Å². The Morgan fingerprint density at radius 3 is 2.16 bits per heavy atom. The zero-order valence-electron chi connectivity index (χ0n) is 23.4. The summed E-state index contributed by atoms with van der Waals surface area (Å²) in [6, 6.07) is 17.4. The molecular weight excluding hydrogens is 480 g/mol. The second kappa shape index (κ2) is 10.6. The predicted octanol–water partition coefficient (Wildman–Crippen LogP) is 6.98. The molecule has 5 heteroatoms. The molecule has 0 N–H and O–H groups in total. The largest absolute Gasteiger partial charge is 0.496 e. The summed E-state index contributed by atoms with van der Waals surface area (Å²) in [7, 11) is 1.76. The highest BCUT2D eigenvalue weighted by Gasteiger charge is 2.45. The first-order valence-corrected chi connectivity index (χ1v) is 13.2. The maximum atomic E-state index is 6.69. The van der Waals surface area contributed by atoms with E-state index in [9.17, 15) is 0 Å². The molecule has 1 atom stereocenters. The number of anilines is 1. The van der Waals surface area contributed by atoms with Gasteiger partial charge in [0.1, 0.15) is 17.1 Å². The molecule has 2 aliphatic heterocycles. The van der Waals surface area contributed by atoms with Crippen LogP contribution in [0.25, 0.3) is 0 Å². The van der Waals surface area contributed by atoms with Crippen LogP contribution < -0.4 is 14.4 Å². The van der Waals surface area contributed by atoms with Crippen LogP contribution >= 0.6 is 12.4 Å². The molecule has 3 aromatic carbocycles. The molecule has 0 amide bonds. The van der Waals surface area contributed by atoms with Crippen molar-refractivity contribution in [3.63, 3.8) is 0 Å². The second-order valence-corrected chi connectivity index (χ2v) is 11.1. The van der Waals surface area contributed by atoms with Gasteiger partial charge >= 0.3 is 0 Å². The fourth-order valence-electron chi connectivity index (χ4n) is 6.28. The molecule has 0 radical (unpaired) electrons. The second-order valence-electron chi connectivity index (χ2n) is 11.1. The van der Waals surface area contributed by atoms with Crippen molar-refractivity contribution in [2.45, 2.75) is 59.6 Å². The molecule has 0 aliphatic carbocycles. The molecule has 0 bridgehead atoms. The lowest BCUT2D eigenvalue weighted by Gasteiger charge is -2.38. The third-order valence-electron chi connectivity index (χ3n) is 8.30. The van der Waals surface area contributed by atoms with Crippen LogP contribution in [-0.2, 0) is 6.54 Å². The Hall–Kier alpha value is -2.69. The molecule has 0 spiro atoms. The Kier molecular flexibility index (Phi) is 7.83. The van der Waals surface area contributed by atoms with E-state index in [0.717, 1.165) is 44.2 Å². The highest BCUT2D eigenvalue weighted by Crippen LogP contribution is 2.54. The standard InChI is InChI=1S/C32H40N2O2.ClH/c1-21-12-14-25(15-13-21)29-28-24(4)30(22(2)23(3)31(28)36-32(29,5)6)34-18-16-33(17-19-34)20-26-10-8-9-11-27(26)35-7;/h8-15,29H,16-20H2,1-7H3;1H. The van der Waals surface area contributed by atoms with Crippen molar-refractivity contribution in [1.82, 2.24) is 4.90 Å². The highest BCUT2D eigenvalue weighted by molar-refractivity contribution is 5.85. The van der Waals surface area contributed by atoms with E-state index in [0.29, 0.717) is 0 Å². The number of ether oxygens (including phenoxy) is 2. The molecule has 1 unspecified atom stereocenters. The first-order chi connectivity index (χ1) is 17.2. The zero-order valence-corrected chi connectivity index (χ0v) is 24.2. The Morgan fingerprint density at radius 1 is 0.865 bits per heavy atom. The van der Waals surface area contributed by atoms with Gasteiger partial charge in [-0.15, -0.1) is 12.4 Å². The van der Waals surface area contributed by atoms with Crippen molar-refractivity contribution >= 4 is 18.1 Å². The molecule has 4 nitrogen and oxygen atoms in total. The first-order valence-electron chi connectivity index (χ1n) is 13.2.